The van der Waals surface area contributed by atoms with E-state index in [0.29, 0.717) is 0 Å². The molecule has 0 saturated heterocycles. The SMILES string of the molecule is Ic1ccc2cnn(-c3ccncn3)c2c1. The Labute approximate surface area is 105 Å². The molecule has 0 spiro atoms. The second-order valence-electron chi connectivity index (χ2n) is 3.33. The number of rotatable bonds is 1. The van der Waals surface area contributed by atoms with Crippen molar-refractivity contribution in [1.82, 2.24) is 19.7 Å². The lowest BCUT2D eigenvalue weighted by Crippen LogP contribution is -1.98. The number of benzene rings is 1. The first-order chi connectivity index (χ1) is 7.84. The van der Waals surface area contributed by atoms with E-state index < -0.39 is 0 Å². The molecule has 0 radical (unpaired) electrons. The van der Waals surface area contributed by atoms with Crippen molar-refractivity contribution in [3.63, 3.8) is 0 Å². The number of nitrogens with zero attached hydrogens (tertiary/aromatic N) is 4. The Morgan fingerprint density at radius 3 is 2.94 bits per heavy atom. The maximum atomic E-state index is 4.33. The summed E-state index contributed by atoms with van der Waals surface area (Å²) >= 11 is 2.29. The van der Waals surface area contributed by atoms with E-state index in [2.05, 4.69) is 55.9 Å². The van der Waals surface area contributed by atoms with Crippen LogP contribution < -0.4 is 0 Å². The van der Waals surface area contributed by atoms with Crippen molar-refractivity contribution in [2.45, 2.75) is 0 Å². The van der Waals surface area contributed by atoms with Crippen LogP contribution >= 0.6 is 22.6 Å². The number of aromatic nitrogens is 4. The topological polar surface area (TPSA) is 43.6 Å². The molecule has 4 nitrogen and oxygen atoms in total. The Morgan fingerprint density at radius 2 is 2.12 bits per heavy atom. The van der Waals surface area contributed by atoms with Crippen molar-refractivity contribution < 1.29 is 0 Å². The first-order valence-electron chi connectivity index (χ1n) is 4.74. The summed E-state index contributed by atoms with van der Waals surface area (Å²) in [6, 6.07) is 8.05. The van der Waals surface area contributed by atoms with Crippen LogP contribution in [0, 0.1) is 3.57 Å². The van der Waals surface area contributed by atoms with Gasteiger partial charge < -0.3 is 0 Å². The fraction of sp³-hybridized carbons (Fsp3) is 0. The minimum Gasteiger partial charge on any atom is -0.245 e. The second-order valence-corrected chi connectivity index (χ2v) is 4.57. The van der Waals surface area contributed by atoms with E-state index in [4.69, 9.17) is 0 Å². The summed E-state index contributed by atoms with van der Waals surface area (Å²) in [7, 11) is 0. The molecule has 0 aliphatic rings. The van der Waals surface area contributed by atoms with Crippen molar-refractivity contribution in [3.8, 4) is 5.82 Å². The smallest absolute Gasteiger partial charge is 0.157 e. The van der Waals surface area contributed by atoms with Gasteiger partial charge in [-0.25, -0.2) is 14.6 Å². The van der Waals surface area contributed by atoms with Crippen LogP contribution in [-0.4, -0.2) is 19.7 Å². The molecular formula is C11H7IN4. The lowest BCUT2D eigenvalue weighted by molar-refractivity contribution is 0.865. The average Bonchev–Trinajstić information content (AvgIpc) is 2.73. The molecule has 0 bridgehead atoms. The highest BCUT2D eigenvalue weighted by molar-refractivity contribution is 14.1. The van der Waals surface area contributed by atoms with Crippen LogP contribution in [0.4, 0.5) is 0 Å². The van der Waals surface area contributed by atoms with Crippen LogP contribution in [0.3, 0.4) is 0 Å². The molecule has 0 unspecified atom stereocenters. The number of hydrogen-bond acceptors (Lipinski definition) is 3. The van der Waals surface area contributed by atoms with Crippen LogP contribution in [0.2, 0.25) is 0 Å². The van der Waals surface area contributed by atoms with Crippen molar-refractivity contribution in [1.29, 1.82) is 0 Å². The van der Waals surface area contributed by atoms with Gasteiger partial charge in [0.25, 0.3) is 0 Å². The van der Waals surface area contributed by atoms with Crippen LogP contribution in [0.1, 0.15) is 0 Å². The zero-order chi connectivity index (χ0) is 11.0. The number of halogens is 1. The third-order valence-corrected chi connectivity index (χ3v) is 2.99. The largest absolute Gasteiger partial charge is 0.245 e. The van der Waals surface area contributed by atoms with E-state index in [1.165, 1.54) is 9.90 Å². The molecular weight excluding hydrogens is 315 g/mol. The lowest BCUT2D eigenvalue weighted by atomic mass is 10.2. The van der Waals surface area contributed by atoms with Gasteiger partial charge in [0.2, 0.25) is 0 Å². The van der Waals surface area contributed by atoms with E-state index in [0.717, 1.165) is 16.7 Å². The predicted molar refractivity (Wildman–Crippen MR) is 69.4 cm³/mol. The molecule has 2 aromatic heterocycles. The van der Waals surface area contributed by atoms with Gasteiger partial charge in [0.15, 0.2) is 5.82 Å². The Bertz CT molecular complexity index is 633. The van der Waals surface area contributed by atoms with Gasteiger partial charge in [-0.15, -0.1) is 0 Å². The first-order valence-corrected chi connectivity index (χ1v) is 5.82. The van der Waals surface area contributed by atoms with Gasteiger partial charge in [-0.05, 0) is 34.7 Å². The van der Waals surface area contributed by atoms with Gasteiger partial charge >= 0.3 is 0 Å². The van der Waals surface area contributed by atoms with E-state index in [1.807, 2.05) is 16.9 Å². The zero-order valence-corrected chi connectivity index (χ0v) is 10.4. The van der Waals surface area contributed by atoms with Crippen LogP contribution in [-0.2, 0) is 0 Å². The summed E-state index contributed by atoms with van der Waals surface area (Å²) in [5.41, 5.74) is 1.06. The summed E-state index contributed by atoms with van der Waals surface area (Å²) in [5.74, 6) is 0.784. The second kappa shape index (κ2) is 3.82. The molecule has 0 fully saturated rings. The number of hydrogen-bond donors (Lipinski definition) is 0. The van der Waals surface area contributed by atoms with Gasteiger partial charge in [-0.3, -0.25) is 0 Å². The zero-order valence-electron chi connectivity index (χ0n) is 8.21. The van der Waals surface area contributed by atoms with Crippen molar-refractivity contribution in [2.24, 2.45) is 0 Å². The third kappa shape index (κ3) is 1.57. The molecule has 0 aliphatic heterocycles. The molecule has 0 saturated carbocycles. The van der Waals surface area contributed by atoms with Crippen molar-refractivity contribution in [2.75, 3.05) is 0 Å². The Balaban J connectivity index is 2.29. The fourth-order valence-corrected chi connectivity index (χ4v) is 2.06. The highest BCUT2D eigenvalue weighted by Gasteiger charge is 2.05. The molecule has 5 heteroatoms. The highest BCUT2D eigenvalue weighted by atomic mass is 127. The minimum absolute atomic E-state index is 0.784. The molecule has 78 valence electrons. The molecule has 2 heterocycles. The van der Waals surface area contributed by atoms with Crippen LogP contribution in [0.25, 0.3) is 16.7 Å². The van der Waals surface area contributed by atoms with Gasteiger partial charge in [-0.2, -0.15) is 5.10 Å². The number of fused-ring (bicyclic) bond motifs is 1. The molecule has 16 heavy (non-hydrogen) atoms. The van der Waals surface area contributed by atoms with Gasteiger partial charge in [0.05, 0.1) is 11.7 Å². The summed E-state index contributed by atoms with van der Waals surface area (Å²) in [6.45, 7) is 0. The van der Waals surface area contributed by atoms with E-state index in [9.17, 15) is 0 Å². The summed E-state index contributed by atoms with van der Waals surface area (Å²) in [5, 5.41) is 5.44. The van der Waals surface area contributed by atoms with Crippen LogP contribution in [0.5, 0.6) is 0 Å². The van der Waals surface area contributed by atoms with E-state index >= 15 is 0 Å². The van der Waals surface area contributed by atoms with Crippen LogP contribution in [0.15, 0.2) is 43.0 Å². The fourth-order valence-electron chi connectivity index (χ4n) is 1.58. The van der Waals surface area contributed by atoms with E-state index in [1.54, 1.807) is 6.20 Å². The van der Waals surface area contributed by atoms with Crippen molar-refractivity contribution in [3.05, 3.63) is 46.6 Å². The maximum Gasteiger partial charge on any atom is 0.157 e. The summed E-state index contributed by atoms with van der Waals surface area (Å²) in [4.78, 5) is 8.09. The standard InChI is InChI=1S/C11H7IN4/c12-9-2-1-8-6-15-16(10(8)5-9)11-3-4-13-7-14-11/h1-7H. The quantitative estimate of drug-likeness (QED) is 0.646. The van der Waals surface area contributed by atoms with E-state index in [-0.39, 0.29) is 0 Å². The lowest BCUT2D eigenvalue weighted by Gasteiger charge is -2.01. The first kappa shape index (κ1) is 9.71. The highest BCUT2D eigenvalue weighted by Crippen LogP contribution is 2.19. The molecule has 3 aromatic rings. The maximum absolute atomic E-state index is 4.33. The third-order valence-electron chi connectivity index (χ3n) is 2.32. The van der Waals surface area contributed by atoms with Gasteiger partial charge in [-0.1, -0.05) is 6.07 Å². The predicted octanol–water partition coefficient (Wildman–Crippen LogP) is 2.42. The Kier molecular flexibility index (Phi) is 2.32. The van der Waals surface area contributed by atoms with Crippen molar-refractivity contribution >= 4 is 33.5 Å². The molecule has 0 aliphatic carbocycles. The minimum atomic E-state index is 0.784. The monoisotopic (exact) mass is 322 g/mol. The van der Waals surface area contributed by atoms with Gasteiger partial charge in [0.1, 0.15) is 6.33 Å². The Hall–Kier alpha value is -1.50. The average molecular weight is 322 g/mol. The molecule has 0 atom stereocenters. The molecule has 0 N–H and O–H groups in total. The summed E-state index contributed by atoms with van der Waals surface area (Å²) < 4.78 is 3.00. The Morgan fingerprint density at radius 1 is 1.19 bits per heavy atom. The molecule has 1 aromatic carbocycles. The normalized spacial score (nSPS) is 10.8. The molecule has 3 rings (SSSR count). The molecule has 0 amide bonds. The summed E-state index contributed by atoms with van der Waals surface area (Å²) in [6.07, 6.45) is 5.08. The van der Waals surface area contributed by atoms with Gasteiger partial charge in [0, 0.05) is 21.2 Å².